The summed E-state index contributed by atoms with van der Waals surface area (Å²) in [6, 6.07) is 4.30. The number of nitrogen functional groups attached to an aromatic ring is 1. The van der Waals surface area contributed by atoms with Crippen molar-refractivity contribution in [1.29, 1.82) is 0 Å². The summed E-state index contributed by atoms with van der Waals surface area (Å²) in [4.78, 5) is 4.37. The fourth-order valence-corrected chi connectivity index (χ4v) is 1.74. The summed E-state index contributed by atoms with van der Waals surface area (Å²) >= 11 is 0. The largest absolute Gasteiger partial charge is 0.397 e. The maximum Gasteiger partial charge on any atom is 0.126 e. The maximum absolute atomic E-state index is 5.70. The molecule has 3 N–H and O–H groups in total. The van der Waals surface area contributed by atoms with E-state index >= 15 is 0 Å². The number of nitrogens with two attached hydrogens (primary N) is 1. The summed E-state index contributed by atoms with van der Waals surface area (Å²) in [5.74, 6) is 0.904. The van der Waals surface area contributed by atoms with Crippen molar-refractivity contribution in [1.82, 2.24) is 4.98 Å². The SMILES string of the molecule is COC1CC(Nc2ccc(N)c(C)n2)C1. The van der Waals surface area contributed by atoms with E-state index in [2.05, 4.69) is 10.3 Å². The third-order valence-electron chi connectivity index (χ3n) is 2.91. The number of aromatic nitrogens is 1. The molecule has 0 amide bonds. The Bertz CT molecular complexity index is 348. The van der Waals surface area contributed by atoms with E-state index < -0.39 is 0 Å². The van der Waals surface area contributed by atoms with Gasteiger partial charge < -0.3 is 15.8 Å². The van der Waals surface area contributed by atoms with Gasteiger partial charge in [0.15, 0.2) is 0 Å². The van der Waals surface area contributed by atoms with E-state index in [4.69, 9.17) is 10.5 Å². The Morgan fingerprint density at radius 2 is 2.20 bits per heavy atom. The minimum absolute atomic E-state index is 0.414. The van der Waals surface area contributed by atoms with E-state index in [0.717, 1.165) is 30.0 Å². The molecular formula is C11H17N3O. The number of pyridine rings is 1. The predicted octanol–water partition coefficient (Wildman–Crippen LogP) is 1.56. The Kier molecular flexibility index (Phi) is 2.77. The summed E-state index contributed by atoms with van der Waals surface area (Å²) in [5, 5.41) is 3.36. The van der Waals surface area contributed by atoms with Crippen molar-refractivity contribution in [2.45, 2.75) is 31.9 Å². The average molecular weight is 207 g/mol. The van der Waals surface area contributed by atoms with Crippen LogP contribution >= 0.6 is 0 Å². The van der Waals surface area contributed by atoms with Crippen LogP contribution in [0.5, 0.6) is 0 Å². The van der Waals surface area contributed by atoms with E-state index in [1.165, 1.54) is 0 Å². The molecule has 1 aliphatic carbocycles. The van der Waals surface area contributed by atoms with Crippen LogP contribution in [-0.2, 0) is 4.74 Å². The summed E-state index contributed by atoms with van der Waals surface area (Å²) < 4.78 is 5.22. The third-order valence-corrected chi connectivity index (χ3v) is 2.91. The van der Waals surface area contributed by atoms with Crippen molar-refractivity contribution < 1.29 is 4.74 Å². The molecule has 15 heavy (non-hydrogen) atoms. The average Bonchev–Trinajstić information content (AvgIpc) is 2.16. The quantitative estimate of drug-likeness (QED) is 0.789. The van der Waals surface area contributed by atoms with E-state index in [1.54, 1.807) is 7.11 Å². The molecular weight excluding hydrogens is 190 g/mol. The molecule has 0 aromatic carbocycles. The van der Waals surface area contributed by atoms with Crippen molar-refractivity contribution in [2.24, 2.45) is 0 Å². The lowest BCUT2D eigenvalue weighted by Gasteiger charge is -2.34. The molecule has 0 saturated heterocycles. The fourth-order valence-electron chi connectivity index (χ4n) is 1.74. The van der Waals surface area contributed by atoms with Gasteiger partial charge in [-0.15, -0.1) is 0 Å². The zero-order chi connectivity index (χ0) is 10.8. The molecule has 1 saturated carbocycles. The molecule has 1 aromatic rings. The molecule has 0 atom stereocenters. The normalized spacial score (nSPS) is 24.7. The monoisotopic (exact) mass is 207 g/mol. The Morgan fingerprint density at radius 1 is 1.47 bits per heavy atom. The molecule has 0 bridgehead atoms. The van der Waals surface area contributed by atoms with Gasteiger partial charge in [0.1, 0.15) is 5.82 Å². The highest BCUT2D eigenvalue weighted by molar-refractivity contribution is 5.49. The zero-order valence-corrected chi connectivity index (χ0v) is 9.16. The van der Waals surface area contributed by atoms with Crippen LogP contribution in [0.3, 0.4) is 0 Å². The first-order chi connectivity index (χ1) is 7.19. The number of nitrogens with one attached hydrogen (secondary N) is 1. The molecule has 4 nitrogen and oxygen atoms in total. The number of methoxy groups -OCH3 is 1. The van der Waals surface area contributed by atoms with Crippen molar-refractivity contribution in [2.75, 3.05) is 18.2 Å². The van der Waals surface area contributed by atoms with Crippen LogP contribution in [0.1, 0.15) is 18.5 Å². The fraction of sp³-hybridized carbons (Fsp3) is 0.545. The van der Waals surface area contributed by atoms with Crippen LogP contribution in [0.25, 0.3) is 0 Å². The second-order valence-corrected chi connectivity index (χ2v) is 4.04. The lowest BCUT2D eigenvalue weighted by atomic mass is 9.89. The predicted molar refractivity (Wildman–Crippen MR) is 60.8 cm³/mol. The van der Waals surface area contributed by atoms with Gasteiger partial charge in [0.25, 0.3) is 0 Å². The molecule has 0 aliphatic heterocycles. The number of ether oxygens (including phenoxy) is 1. The van der Waals surface area contributed by atoms with Gasteiger partial charge in [-0.05, 0) is 31.9 Å². The number of nitrogens with zero attached hydrogens (tertiary/aromatic N) is 1. The van der Waals surface area contributed by atoms with Gasteiger partial charge in [-0.2, -0.15) is 0 Å². The van der Waals surface area contributed by atoms with Gasteiger partial charge >= 0.3 is 0 Å². The molecule has 0 radical (unpaired) electrons. The molecule has 0 unspecified atom stereocenters. The molecule has 1 aromatic heterocycles. The van der Waals surface area contributed by atoms with Crippen molar-refractivity contribution in [3.8, 4) is 0 Å². The van der Waals surface area contributed by atoms with E-state index in [0.29, 0.717) is 12.1 Å². The molecule has 1 fully saturated rings. The van der Waals surface area contributed by atoms with Crippen LogP contribution < -0.4 is 11.1 Å². The molecule has 1 aliphatic rings. The number of anilines is 2. The second-order valence-electron chi connectivity index (χ2n) is 4.04. The highest BCUT2D eigenvalue weighted by atomic mass is 16.5. The van der Waals surface area contributed by atoms with Gasteiger partial charge in [0, 0.05) is 13.2 Å². The first-order valence-corrected chi connectivity index (χ1v) is 5.21. The number of aryl methyl sites for hydroxylation is 1. The number of hydrogen-bond donors (Lipinski definition) is 2. The minimum atomic E-state index is 0.414. The number of rotatable bonds is 3. The van der Waals surface area contributed by atoms with E-state index in [1.807, 2.05) is 19.1 Å². The summed E-state index contributed by atoms with van der Waals surface area (Å²) in [6.45, 7) is 1.92. The number of hydrogen-bond acceptors (Lipinski definition) is 4. The van der Waals surface area contributed by atoms with Crippen LogP contribution in [-0.4, -0.2) is 24.2 Å². The molecule has 2 rings (SSSR count). The lowest BCUT2D eigenvalue weighted by Crippen LogP contribution is -2.40. The van der Waals surface area contributed by atoms with Crippen LogP contribution in [0.15, 0.2) is 12.1 Å². The zero-order valence-electron chi connectivity index (χ0n) is 9.16. The first-order valence-electron chi connectivity index (χ1n) is 5.21. The van der Waals surface area contributed by atoms with Gasteiger partial charge in [0.05, 0.1) is 17.5 Å². The second kappa shape index (κ2) is 4.06. The smallest absolute Gasteiger partial charge is 0.126 e. The van der Waals surface area contributed by atoms with Gasteiger partial charge in [-0.25, -0.2) is 4.98 Å². The Labute approximate surface area is 89.8 Å². The van der Waals surface area contributed by atoms with E-state index in [-0.39, 0.29) is 0 Å². The van der Waals surface area contributed by atoms with Crippen molar-refractivity contribution in [3.63, 3.8) is 0 Å². The molecule has 0 spiro atoms. The van der Waals surface area contributed by atoms with Gasteiger partial charge in [0.2, 0.25) is 0 Å². The van der Waals surface area contributed by atoms with Crippen LogP contribution in [0.2, 0.25) is 0 Å². The highest BCUT2D eigenvalue weighted by Gasteiger charge is 2.28. The Hall–Kier alpha value is -1.29. The first kappa shape index (κ1) is 10.2. The summed E-state index contributed by atoms with van der Waals surface area (Å²) in [6.07, 6.45) is 2.53. The maximum atomic E-state index is 5.70. The topological polar surface area (TPSA) is 60.2 Å². The summed E-state index contributed by atoms with van der Waals surface area (Å²) in [5.41, 5.74) is 7.32. The highest BCUT2D eigenvalue weighted by Crippen LogP contribution is 2.26. The molecule has 82 valence electrons. The van der Waals surface area contributed by atoms with Crippen molar-refractivity contribution >= 4 is 11.5 Å². The lowest BCUT2D eigenvalue weighted by molar-refractivity contribution is 0.0328. The standard InChI is InChI=1S/C11H17N3O/c1-7-10(12)3-4-11(13-7)14-8-5-9(6-8)15-2/h3-4,8-9H,5-6,12H2,1-2H3,(H,13,14). The van der Waals surface area contributed by atoms with Gasteiger partial charge in [-0.1, -0.05) is 0 Å². The Morgan fingerprint density at radius 3 is 2.80 bits per heavy atom. The van der Waals surface area contributed by atoms with Crippen LogP contribution in [0, 0.1) is 6.92 Å². The van der Waals surface area contributed by atoms with E-state index in [9.17, 15) is 0 Å². The van der Waals surface area contributed by atoms with Gasteiger partial charge in [-0.3, -0.25) is 0 Å². The summed E-state index contributed by atoms with van der Waals surface area (Å²) in [7, 11) is 1.76. The minimum Gasteiger partial charge on any atom is -0.397 e. The van der Waals surface area contributed by atoms with Crippen molar-refractivity contribution in [3.05, 3.63) is 17.8 Å². The Balaban J connectivity index is 1.92. The molecule has 4 heteroatoms. The molecule has 1 heterocycles. The van der Waals surface area contributed by atoms with Crippen LogP contribution in [0.4, 0.5) is 11.5 Å². The third kappa shape index (κ3) is 2.21.